The molecular weight excluding hydrogens is 190 g/mol. The van der Waals surface area contributed by atoms with Gasteiger partial charge in [0.2, 0.25) is 0 Å². The predicted octanol–water partition coefficient (Wildman–Crippen LogP) is 2.62. The zero-order valence-corrected chi connectivity index (χ0v) is 9.28. The van der Waals surface area contributed by atoms with Crippen molar-refractivity contribution in [3.8, 4) is 0 Å². The van der Waals surface area contributed by atoms with Crippen LogP contribution in [0.5, 0.6) is 0 Å². The fourth-order valence-electron chi connectivity index (χ4n) is 1.99. The third-order valence-electron chi connectivity index (χ3n) is 2.74. The van der Waals surface area contributed by atoms with Gasteiger partial charge in [-0.05, 0) is 49.4 Å². The molecule has 1 aliphatic rings. The maximum Gasteiger partial charge on any atom is 0.0107 e. The Hall–Kier alpha value is -0.470. The van der Waals surface area contributed by atoms with Crippen LogP contribution in [-0.2, 0) is 12.8 Å². The summed E-state index contributed by atoms with van der Waals surface area (Å²) in [6.45, 7) is 0.823. The number of aryl methyl sites for hydroxylation is 1. The van der Waals surface area contributed by atoms with Crippen LogP contribution in [0.2, 0.25) is 0 Å². The van der Waals surface area contributed by atoms with E-state index < -0.39 is 0 Å². The molecule has 1 aliphatic heterocycles. The molecule has 0 aromatic heterocycles. The molecule has 0 spiro atoms. The molecule has 0 amide bonds. The lowest BCUT2D eigenvalue weighted by Gasteiger charge is -2.06. The Kier molecular flexibility index (Phi) is 3.49. The van der Waals surface area contributed by atoms with E-state index in [0.717, 1.165) is 13.0 Å². The van der Waals surface area contributed by atoms with Gasteiger partial charge in [-0.15, -0.1) is 11.8 Å². The first-order valence-electron chi connectivity index (χ1n) is 5.35. The van der Waals surface area contributed by atoms with Crippen molar-refractivity contribution in [3.05, 3.63) is 29.3 Å². The zero-order valence-electron chi connectivity index (χ0n) is 8.46. The van der Waals surface area contributed by atoms with Crippen molar-refractivity contribution in [2.45, 2.75) is 30.6 Å². The van der Waals surface area contributed by atoms with Crippen molar-refractivity contribution in [1.82, 2.24) is 0 Å². The smallest absolute Gasteiger partial charge is 0.0107 e. The van der Waals surface area contributed by atoms with Gasteiger partial charge in [0.15, 0.2) is 0 Å². The molecule has 2 rings (SSSR count). The van der Waals surface area contributed by atoms with Gasteiger partial charge in [-0.3, -0.25) is 0 Å². The molecular formula is C12H17NS. The molecule has 1 aromatic carbocycles. The van der Waals surface area contributed by atoms with Gasteiger partial charge in [0.05, 0.1) is 0 Å². The molecule has 0 saturated carbocycles. The highest BCUT2D eigenvalue weighted by Crippen LogP contribution is 2.33. The van der Waals surface area contributed by atoms with Crippen LogP contribution in [-0.4, -0.2) is 12.3 Å². The molecule has 0 unspecified atom stereocenters. The van der Waals surface area contributed by atoms with Crippen LogP contribution in [0.25, 0.3) is 0 Å². The molecule has 0 atom stereocenters. The van der Waals surface area contributed by atoms with Crippen LogP contribution >= 0.6 is 11.8 Å². The zero-order chi connectivity index (χ0) is 9.80. The number of fused-ring (bicyclic) bond motifs is 1. The van der Waals surface area contributed by atoms with Crippen molar-refractivity contribution in [1.29, 1.82) is 0 Å². The van der Waals surface area contributed by atoms with Crippen LogP contribution in [0, 0.1) is 0 Å². The number of thioether (sulfide) groups is 1. The summed E-state index contributed by atoms with van der Waals surface area (Å²) in [7, 11) is 0. The Morgan fingerprint density at radius 3 is 3.07 bits per heavy atom. The summed E-state index contributed by atoms with van der Waals surface area (Å²) in [5.41, 5.74) is 8.66. The SMILES string of the molecule is NCCCCc1cccc2c1CCS2. The van der Waals surface area contributed by atoms with Crippen LogP contribution in [0.15, 0.2) is 23.1 Å². The third-order valence-corrected chi connectivity index (χ3v) is 3.84. The highest BCUT2D eigenvalue weighted by molar-refractivity contribution is 7.99. The Morgan fingerprint density at radius 1 is 1.29 bits per heavy atom. The van der Waals surface area contributed by atoms with E-state index in [1.807, 2.05) is 11.8 Å². The lowest BCUT2D eigenvalue weighted by molar-refractivity contribution is 0.739. The summed E-state index contributed by atoms with van der Waals surface area (Å²) in [6, 6.07) is 6.72. The van der Waals surface area contributed by atoms with E-state index in [-0.39, 0.29) is 0 Å². The maximum absolute atomic E-state index is 5.50. The van der Waals surface area contributed by atoms with Crippen LogP contribution in [0.3, 0.4) is 0 Å². The van der Waals surface area contributed by atoms with Gasteiger partial charge in [-0.25, -0.2) is 0 Å². The highest BCUT2D eigenvalue weighted by Gasteiger charge is 2.13. The number of unbranched alkanes of at least 4 members (excludes halogenated alkanes) is 1. The topological polar surface area (TPSA) is 26.0 Å². The molecule has 0 radical (unpaired) electrons. The van der Waals surface area contributed by atoms with Crippen molar-refractivity contribution in [3.63, 3.8) is 0 Å². The normalized spacial score (nSPS) is 14.4. The minimum atomic E-state index is 0.823. The summed E-state index contributed by atoms with van der Waals surface area (Å²) in [5, 5.41) is 0. The first-order chi connectivity index (χ1) is 6.92. The Bertz CT molecular complexity index is 309. The maximum atomic E-state index is 5.50. The van der Waals surface area contributed by atoms with E-state index in [1.165, 1.54) is 29.9 Å². The van der Waals surface area contributed by atoms with Crippen LogP contribution in [0.4, 0.5) is 0 Å². The molecule has 0 saturated heterocycles. The minimum absolute atomic E-state index is 0.823. The molecule has 2 heteroatoms. The van der Waals surface area contributed by atoms with Crippen LogP contribution < -0.4 is 5.73 Å². The van der Waals surface area contributed by atoms with E-state index in [2.05, 4.69) is 18.2 Å². The summed E-state index contributed by atoms with van der Waals surface area (Å²) in [6.07, 6.45) is 4.86. The molecule has 1 nitrogen and oxygen atoms in total. The van der Waals surface area contributed by atoms with Gasteiger partial charge >= 0.3 is 0 Å². The number of hydrogen-bond donors (Lipinski definition) is 1. The Labute approximate surface area is 90.1 Å². The summed E-state index contributed by atoms with van der Waals surface area (Å²) >= 11 is 2.00. The standard InChI is InChI=1S/C12H17NS/c13-8-2-1-4-10-5-3-6-12-11(10)7-9-14-12/h3,5-6H,1-2,4,7-9,13H2. The quantitative estimate of drug-likeness (QED) is 0.768. The number of hydrogen-bond acceptors (Lipinski definition) is 2. The van der Waals surface area contributed by atoms with Gasteiger partial charge < -0.3 is 5.73 Å². The second-order valence-electron chi connectivity index (χ2n) is 3.74. The lowest BCUT2D eigenvalue weighted by atomic mass is 10.0. The van der Waals surface area contributed by atoms with Gasteiger partial charge in [-0.2, -0.15) is 0 Å². The first-order valence-corrected chi connectivity index (χ1v) is 6.34. The van der Waals surface area contributed by atoms with E-state index in [4.69, 9.17) is 5.73 Å². The summed E-state index contributed by atoms with van der Waals surface area (Å²) in [5.74, 6) is 1.27. The first kappa shape index (κ1) is 10.1. The minimum Gasteiger partial charge on any atom is -0.330 e. The van der Waals surface area contributed by atoms with E-state index in [1.54, 1.807) is 11.1 Å². The predicted molar refractivity (Wildman–Crippen MR) is 62.9 cm³/mol. The molecule has 1 heterocycles. The molecule has 0 fully saturated rings. The highest BCUT2D eigenvalue weighted by atomic mass is 32.2. The van der Waals surface area contributed by atoms with E-state index >= 15 is 0 Å². The van der Waals surface area contributed by atoms with Gasteiger partial charge in [-0.1, -0.05) is 12.1 Å². The summed E-state index contributed by atoms with van der Waals surface area (Å²) < 4.78 is 0. The molecule has 0 aliphatic carbocycles. The average Bonchev–Trinajstić information content (AvgIpc) is 2.67. The molecule has 2 N–H and O–H groups in total. The molecule has 76 valence electrons. The average molecular weight is 207 g/mol. The molecule has 0 bridgehead atoms. The van der Waals surface area contributed by atoms with E-state index in [9.17, 15) is 0 Å². The van der Waals surface area contributed by atoms with Crippen molar-refractivity contribution in [2.24, 2.45) is 5.73 Å². The number of rotatable bonds is 4. The monoisotopic (exact) mass is 207 g/mol. The number of nitrogens with two attached hydrogens (primary N) is 1. The molecule has 14 heavy (non-hydrogen) atoms. The van der Waals surface area contributed by atoms with Crippen LogP contribution in [0.1, 0.15) is 24.0 Å². The fourth-order valence-corrected chi connectivity index (χ4v) is 3.10. The Morgan fingerprint density at radius 2 is 2.21 bits per heavy atom. The molecule has 1 aromatic rings. The van der Waals surface area contributed by atoms with Gasteiger partial charge in [0, 0.05) is 10.6 Å². The largest absolute Gasteiger partial charge is 0.330 e. The fraction of sp³-hybridized carbons (Fsp3) is 0.500. The Balaban J connectivity index is 2.06. The van der Waals surface area contributed by atoms with Crippen molar-refractivity contribution in [2.75, 3.05) is 12.3 Å². The van der Waals surface area contributed by atoms with Gasteiger partial charge in [0.25, 0.3) is 0 Å². The second kappa shape index (κ2) is 4.85. The summed E-state index contributed by atoms with van der Waals surface area (Å²) in [4.78, 5) is 1.51. The van der Waals surface area contributed by atoms with E-state index in [0.29, 0.717) is 0 Å². The number of benzene rings is 1. The third kappa shape index (κ3) is 2.12. The lowest BCUT2D eigenvalue weighted by Crippen LogP contribution is -2.00. The van der Waals surface area contributed by atoms with Crippen molar-refractivity contribution >= 4 is 11.8 Å². The van der Waals surface area contributed by atoms with Gasteiger partial charge in [0.1, 0.15) is 0 Å². The second-order valence-corrected chi connectivity index (χ2v) is 4.87. The van der Waals surface area contributed by atoms with Crippen molar-refractivity contribution < 1.29 is 0 Å².